The van der Waals surface area contributed by atoms with Gasteiger partial charge in [0.1, 0.15) is 5.66 Å². The maximum absolute atomic E-state index is 10.9. The molecule has 1 aliphatic heterocycles. The van der Waals surface area contributed by atoms with E-state index in [-0.39, 0.29) is 17.6 Å². The van der Waals surface area contributed by atoms with E-state index < -0.39 is 10.6 Å². The van der Waals surface area contributed by atoms with Gasteiger partial charge in [0.15, 0.2) is 0 Å². The Morgan fingerprint density at radius 2 is 1.96 bits per heavy atom. The number of nitro benzene ring substituents is 1. The van der Waals surface area contributed by atoms with E-state index in [0.717, 1.165) is 43.4 Å². The second kappa shape index (κ2) is 5.53. The minimum atomic E-state index is -0.533. The molecule has 0 amide bonds. The van der Waals surface area contributed by atoms with Gasteiger partial charge in [-0.25, -0.2) is 4.99 Å². The van der Waals surface area contributed by atoms with Gasteiger partial charge in [0.05, 0.1) is 4.92 Å². The second-order valence-corrected chi connectivity index (χ2v) is 6.05. The highest BCUT2D eigenvalue weighted by Crippen LogP contribution is 2.40. The lowest BCUT2D eigenvalue weighted by atomic mass is 9.87. The number of hydrogen-bond acceptors (Lipinski definition) is 7. The Hall–Kier alpha value is -2.64. The van der Waals surface area contributed by atoms with Gasteiger partial charge < -0.3 is 11.5 Å². The van der Waals surface area contributed by atoms with E-state index in [2.05, 4.69) is 9.98 Å². The van der Waals surface area contributed by atoms with Crippen LogP contribution >= 0.6 is 0 Å². The highest BCUT2D eigenvalue weighted by Gasteiger charge is 2.43. The predicted octanol–water partition coefficient (Wildman–Crippen LogP) is 2.01. The van der Waals surface area contributed by atoms with Crippen LogP contribution in [0.25, 0.3) is 0 Å². The number of nitrogens with two attached hydrogens (primary N) is 2. The fraction of sp³-hybridized carbons (Fsp3) is 0.467. The molecule has 8 nitrogen and oxygen atoms in total. The molecule has 1 fully saturated rings. The number of benzene rings is 1. The summed E-state index contributed by atoms with van der Waals surface area (Å²) in [4.78, 5) is 21.1. The lowest BCUT2D eigenvalue weighted by molar-refractivity contribution is -0.384. The van der Waals surface area contributed by atoms with E-state index in [0.29, 0.717) is 0 Å². The van der Waals surface area contributed by atoms with Gasteiger partial charge in [0, 0.05) is 17.8 Å². The lowest BCUT2D eigenvalue weighted by Gasteiger charge is -2.46. The molecule has 0 aromatic heterocycles. The highest BCUT2D eigenvalue weighted by molar-refractivity contribution is 6.06. The van der Waals surface area contributed by atoms with E-state index in [9.17, 15) is 10.1 Å². The van der Waals surface area contributed by atoms with Crippen LogP contribution in [0.3, 0.4) is 0 Å². The maximum atomic E-state index is 10.9. The largest absolute Gasteiger partial charge is 0.369 e. The normalized spacial score (nSPS) is 20.1. The van der Waals surface area contributed by atoms with E-state index in [4.69, 9.17) is 11.5 Å². The van der Waals surface area contributed by atoms with Crippen LogP contribution in [0.1, 0.15) is 37.7 Å². The van der Waals surface area contributed by atoms with Crippen molar-refractivity contribution in [3.63, 3.8) is 0 Å². The number of non-ortho nitro benzene ring substituents is 1. The summed E-state index contributed by atoms with van der Waals surface area (Å²) in [5.74, 6) is 0.483. The van der Waals surface area contributed by atoms with Crippen molar-refractivity contribution in [3.05, 3.63) is 33.9 Å². The highest BCUT2D eigenvalue weighted by atomic mass is 16.6. The van der Waals surface area contributed by atoms with Gasteiger partial charge >= 0.3 is 0 Å². The molecule has 0 atom stereocenters. The molecule has 1 aromatic carbocycles. The first kappa shape index (κ1) is 15.3. The molecular formula is C15H20N6O2. The van der Waals surface area contributed by atoms with Crippen LogP contribution in [-0.2, 0) is 0 Å². The fourth-order valence-electron chi connectivity index (χ4n) is 3.47. The topological polar surface area (TPSA) is 123 Å². The van der Waals surface area contributed by atoms with Crippen LogP contribution in [0.5, 0.6) is 0 Å². The van der Waals surface area contributed by atoms with Crippen molar-refractivity contribution in [2.45, 2.75) is 44.7 Å². The average molecular weight is 316 g/mol. The molecule has 3 rings (SSSR count). The predicted molar refractivity (Wildman–Crippen MR) is 89.4 cm³/mol. The fourth-order valence-corrected chi connectivity index (χ4v) is 3.47. The Labute approximate surface area is 134 Å². The third-order valence-corrected chi connectivity index (χ3v) is 4.48. The monoisotopic (exact) mass is 316 g/mol. The number of hydrogen-bond donors (Lipinski definition) is 2. The third kappa shape index (κ3) is 2.60. The quantitative estimate of drug-likeness (QED) is 0.638. The Morgan fingerprint density at radius 3 is 2.57 bits per heavy atom. The first-order valence-electron chi connectivity index (χ1n) is 7.68. The van der Waals surface area contributed by atoms with Gasteiger partial charge in [-0.15, -0.1) is 0 Å². The van der Waals surface area contributed by atoms with Crippen molar-refractivity contribution in [2.24, 2.45) is 21.5 Å². The maximum Gasteiger partial charge on any atom is 0.269 e. The molecule has 0 bridgehead atoms. The smallest absolute Gasteiger partial charge is 0.269 e. The molecule has 0 unspecified atom stereocenters. The molecule has 8 heteroatoms. The summed E-state index contributed by atoms with van der Waals surface area (Å²) in [6.45, 7) is 1.83. The van der Waals surface area contributed by atoms with Gasteiger partial charge in [-0.2, -0.15) is 4.99 Å². The summed E-state index contributed by atoms with van der Waals surface area (Å²) in [6, 6.07) is 4.73. The Bertz CT molecular complexity index is 706. The molecule has 2 aliphatic rings. The number of nitrogens with zero attached hydrogens (tertiary/aromatic N) is 4. The first-order valence-corrected chi connectivity index (χ1v) is 7.68. The molecule has 4 N–H and O–H groups in total. The first-order chi connectivity index (χ1) is 10.9. The Balaban J connectivity index is 2.09. The number of anilines is 1. The molecule has 1 heterocycles. The van der Waals surface area contributed by atoms with E-state index in [1.807, 2.05) is 11.8 Å². The SMILES string of the molecule is Cc1cc([N+](=O)[O-])ccc1N1C(N)=NC(N)=NC12CCCCC2. The lowest BCUT2D eigenvalue weighted by Crippen LogP contribution is -2.58. The van der Waals surface area contributed by atoms with Gasteiger partial charge in [-0.3, -0.25) is 15.0 Å². The Morgan fingerprint density at radius 1 is 1.26 bits per heavy atom. The van der Waals surface area contributed by atoms with Crippen molar-refractivity contribution in [1.29, 1.82) is 0 Å². The van der Waals surface area contributed by atoms with Crippen LogP contribution in [0, 0.1) is 17.0 Å². The van der Waals surface area contributed by atoms with Crippen molar-refractivity contribution in [3.8, 4) is 0 Å². The summed E-state index contributed by atoms with van der Waals surface area (Å²) >= 11 is 0. The van der Waals surface area contributed by atoms with Crippen LogP contribution < -0.4 is 16.4 Å². The Kier molecular flexibility index (Phi) is 3.67. The van der Waals surface area contributed by atoms with Crippen LogP contribution in [0.15, 0.2) is 28.2 Å². The van der Waals surface area contributed by atoms with E-state index in [1.54, 1.807) is 12.1 Å². The summed E-state index contributed by atoms with van der Waals surface area (Å²) < 4.78 is 0. The van der Waals surface area contributed by atoms with E-state index in [1.165, 1.54) is 6.07 Å². The molecule has 122 valence electrons. The van der Waals surface area contributed by atoms with Gasteiger partial charge in [-0.05, 0) is 44.2 Å². The van der Waals surface area contributed by atoms with Crippen molar-refractivity contribution in [1.82, 2.24) is 0 Å². The summed E-state index contributed by atoms with van der Waals surface area (Å²) in [5, 5.41) is 10.9. The molecule has 1 saturated carbocycles. The molecule has 1 aliphatic carbocycles. The van der Waals surface area contributed by atoms with Crippen LogP contribution in [0.2, 0.25) is 0 Å². The number of rotatable bonds is 2. The zero-order chi connectivity index (χ0) is 16.6. The van der Waals surface area contributed by atoms with Gasteiger partial charge in [0.25, 0.3) is 5.69 Å². The summed E-state index contributed by atoms with van der Waals surface area (Å²) in [5.41, 5.74) is 13.1. The molecule has 1 spiro atoms. The number of nitro groups is 1. The van der Waals surface area contributed by atoms with Gasteiger partial charge in [0.2, 0.25) is 11.9 Å². The zero-order valence-electron chi connectivity index (χ0n) is 13.0. The standard InChI is InChI=1S/C15H20N6O2/c1-10-9-11(21(22)23)5-6-12(10)20-14(17)18-13(16)19-15(20)7-3-2-4-8-15/h5-6,9H,2-4,7-8H2,1H3,(H4,16,17,18,19). The van der Waals surface area contributed by atoms with Crippen LogP contribution in [-0.4, -0.2) is 22.5 Å². The second-order valence-electron chi connectivity index (χ2n) is 6.05. The number of guanidine groups is 2. The molecular weight excluding hydrogens is 296 g/mol. The minimum absolute atomic E-state index is 0.0551. The van der Waals surface area contributed by atoms with E-state index >= 15 is 0 Å². The number of aliphatic imine (C=N–C) groups is 2. The summed E-state index contributed by atoms with van der Waals surface area (Å²) in [6.07, 6.45) is 4.89. The average Bonchev–Trinajstić information content (AvgIpc) is 2.48. The van der Waals surface area contributed by atoms with Crippen molar-refractivity contribution < 1.29 is 4.92 Å². The molecule has 0 saturated heterocycles. The minimum Gasteiger partial charge on any atom is -0.369 e. The van der Waals surface area contributed by atoms with Gasteiger partial charge in [-0.1, -0.05) is 6.42 Å². The third-order valence-electron chi connectivity index (χ3n) is 4.48. The summed E-state index contributed by atoms with van der Waals surface area (Å²) in [7, 11) is 0. The molecule has 23 heavy (non-hydrogen) atoms. The van der Waals surface area contributed by atoms with Crippen molar-refractivity contribution >= 4 is 23.3 Å². The van der Waals surface area contributed by atoms with Crippen LogP contribution in [0.4, 0.5) is 11.4 Å². The number of aryl methyl sites for hydroxylation is 1. The molecule has 1 aromatic rings. The van der Waals surface area contributed by atoms with Crippen molar-refractivity contribution in [2.75, 3.05) is 4.90 Å². The zero-order valence-corrected chi connectivity index (χ0v) is 13.0. The molecule has 0 radical (unpaired) electrons.